The molecule has 0 fully saturated rings. The van der Waals surface area contributed by atoms with E-state index < -0.39 is 5.82 Å². The standard InChI is InChI=1S/C20H13BrClFO3/c21-14-3-1-13(2-4-14)20(24)10-8-15-5-6-17(26-15)12-25-16-7-9-19(23)18(22)11-16/h1-11H,12H2/b10-8+. The Bertz CT molecular complexity index is 948. The third-order valence-corrected chi connectivity index (χ3v) is 4.30. The predicted molar refractivity (Wildman–Crippen MR) is 102 cm³/mol. The first-order valence-electron chi connectivity index (χ1n) is 7.66. The number of ketones is 1. The minimum atomic E-state index is -0.500. The second kappa shape index (κ2) is 8.34. The Morgan fingerprint density at radius 2 is 1.92 bits per heavy atom. The predicted octanol–water partition coefficient (Wildman–Crippen LogP) is 6.31. The van der Waals surface area contributed by atoms with Crippen molar-refractivity contribution in [3.8, 4) is 5.75 Å². The summed E-state index contributed by atoms with van der Waals surface area (Å²) >= 11 is 9.04. The third-order valence-electron chi connectivity index (χ3n) is 3.48. The van der Waals surface area contributed by atoms with E-state index >= 15 is 0 Å². The van der Waals surface area contributed by atoms with Crippen LogP contribution in [0.15, 0.2) is 69.6 Å². The van der Waals surface area contributed by atoms with Crippen LogP contribution in [0.25, 0.3) is 6.08 Å². The van der Waals surface area contributed by atoms with Crippen molar-refractivity contribution in [2.24, 2.45) is 0 Å². The molecule has 132 valence electrons. The minimum absolute atomic E-state index is 0.00276. The quantitative estimate of drug-likeness (QED) is 0.336. The number of halogens is 3. The molecular formula is C20H13BrClFO3. The van der Waals surface area contributed by atoms with Crippen molar-refractivity contribution in [1.29, 1.82) is 0 Å². The highest BCUT2D eigenvalue weighted by atomic mass is 79.9. The van der Waals surface area contributed by atoms with Gasteiger partial charge in [0.25, 0.3) is 0 Å². The van der Waals surface area contributed by atoms with Gasteiger partial charge in [0.05, 0.1) is 5.02 Å². The maximum atomic E-state index is 13.1. The molecule has 0 spiro atoms. The zero-order chi connectivity index (χ0) is 18.5. The largest absolute Gasteiger partial charge is 0.486 e. The van der Waals surface area contributed by atoms with Crippen molar-refractivity contribution in [3.63, 3.8) is 0 Å². The fourth-order valence-electron chi connectivity index (χ4n) is 2.15. The molecule has 0 amide bonds. The van der Waals surface area contributed by atoms with E-state index in [-0.39, 0.29) is 17.4 Å². The van der Waals surface area contributed by atoms with Crippen molar-refractivity contribution in [2.75, 3.05) is 0 Å². The van der Waals surface area contributed by atoms with Gasteiger partial charge in [-0.2, -0.15) is 0 Å². The molecule has 3 rings (SSSR count). The molecule has 3 nitrogen and oxygen atoms in total. The zero-order valence-electron chi connectivity index (χ0n) is 13.4. The van der Waals surface area contributed by atoms with Crippen LogP contribution in [0.1, 0.15) is 21.9 Å². The molecule has 0 aliphatic rings. The normalized spacial score (nSPS) is 11.0. The smallest absolute Gasteiger partial charge is 0.185 e. The molecule has 0 atom stereocenters. The molecule has 0 saturated carbocycles. The number of hydrogen-bond acceptors (Lipinski definition) is 3. The number of benzene rings is 2. The Balaban J connectivity index is 1.59. The minimum Gasteiger partial charge on any atom is -0.486 e. The molecule has 0 unspecified atom stereocenters. The van der Waals surface area contributed by atoms with E-state index in [9.17, 15) is 9.18 Å². The molecule has 6 heteroatoms. The monoisotopic (exact) mass is 434 g/mol. The average Bonchev–Trinajstić information content (AvgIpc) is 3.09. The summed E-state index contributed by atoms with van der Waals surface area (Å²) in [6, 6.07) is 14.7. The summed E-state index contributed by atoms with van der Waals surface area (Å²) < 4.78 is 25.1. The molecule has 0 saturated heterocycles. The van der Waals surface area contributed by atoms with E-state index in [2.05, 4.69) is 15.9 Å². The lowest BCUT2D eigenvalue weighted by molar-refractivity contribution is 0.104. The van der Waals surface area contributed by atoms with Crippen LogP contribution in [0.4, 0.5) is 4.39 Å². The Morgan fingerprint density at radius 3 is 2.65 bits per heavy atom. The van der Waals surface area contributed by atoms with Gasteiger partial charge in [-0.1, -0.05) is 27.5 Å². The van der Waals surface area contributed by atoms with Gasteiger partial charge in [0, 0.05) is 16.1 Å². The summed E-state index contributed by atoms with van der Waals surface area (Å²) in [6.45, 7) is 0.163. The lowest BCUT2D eigenvalue weighted by Gasteiger charge is -2.04. The van der Waals surface area contributed by atoms with Gasteiger partial charge in [-0.15, -0.1) is 0 Å². The topological polar surface area (TPSA) is 39.4 Å². The molecule has 0 aliphatic carbocycles. The van der Waals surface area contributed by atoms with Gasteiger partial charge >= 0.3 is 0 Å². The van der Waals surface area contributed by atoms with E-state index in [1.54, 1.807) is 30.3 Å². The van der Waals surface area contributed by atoms with Gasteiger partial charge < -0.3 is 9.15 Å². The van der Waals surface area contributed by atoms with E-state index in [1.165, 1.54) is 24.3 Å². The van der Waals surface area contributed by atoms with E-state index in [0.29, 0.717) is 22.8 Å². The summed E-state index contributed by atoms with van der Waals surface area (Å²) in [7, 11) is 0. The van der Waals surface area contributed by atoms with Crippen LogP contribution in [-0.2, 0) is 6.61 Å². The van der Waals surface area contributed by atoms with Crippen molar-refractivity contribution >= 4 is 39.4 Å². The number of carbonyl (C=O) groups excluding carboxylic acids is 1. The molecule has 1 heterocycles. The first-order chi connectivity index (χ1) is 12.5. The summed E-state index contributed by atoms with van der Waals surface area (Å²) in [6.07, 6.45) is 3.05. The van der Waals surface area contributed by atoms with Crippen LogP contribution >= 0.6 is 27.5 Å². The first kappa shape index (κ1) is 18.4. The lowest BCUT2D eigenvalue weighted by atomic mass is 10.1. The molecule has 0 N–H and O–H groups in total. The molecule has 2 aromatic carbocycles. The van der Waals surface area contributed by atoms with Gasteiger partial charge in [0.1, 0.15) is 29.7 Å². The molecule has 0 bridgehead atoms. The second-order valence-electron chi connectivity index (χ2n) is 5.37. The Morgan fingerprint density at radius 1 is 1.15 bits per heavy atom. The van der Waals surface area contributed by atoms with Crippen molar-refractivity contribution in [1.82, 2.24) is 0 Å². The third kappa shape index (κ3) is 4.84. The highest BCUT2D eigenvalue weighted by molar-refractivity contribution is 9.10. The number of rotatable bonds is 6. The Labute approximate surface area is 163 Å². The van der Waals surface area contributed by atoms with Gasteiger partial charge in [-0.05, 0) is 60.7 Å². The second-order valence-corrected chi connectivity index (χ2v) is 6.70. The van der Waals surface area contributed by atoms with Crippen LogP contribution < -0.4 is 4.74 Å². The molecule has 26 heavy (non-hydrogen) atoms. The molecule has 0 aliphatic heterocycles. The van der Waals surface area contributed by atoms with E-state index in [4.69, 9.17) is 20.8 Å². The summed E-state index contributed by atoms with van der Waals surface area (Å²) in [5.41, 5.74) is 0.591. The Hall–Kier alpha value is -2.37. The SMILES string of the molecule is O=C(/C=C/c1ccc(COc2ccc(F)c(Cl)c2)o1)c1ccc(Br)cc1. The zero-order valence-corrected chi connectivity index (χ0v) is 15.8. The van der Waals surface area contributed by atoms with Crippen LogP contribution in [0.2, 0.25) is 5.02 Å². The van der Waals surface area contributed by atoms with Crippen LogP contribution in [0.3, 0.4) is 0 Å². The van der Waals surface area contributed by atoms with Crippen LogP contribution in [-0.4, -0.2) is 5.78 Å². The van der Waals surface area contributed by atoms with Gasteiger partial charge in [-0.3, -0.25) is 4.79 Å². The number of ether oxygens (including phenoxy) is 1. The molecule has 0 radical (unpaired) electrons. The van der Waals surface area contributed by atoms with Crippen molar-refractivity contribution < 1.29 is 18.3 Å². The van der Waals surface area contributed by atoms with E-state index in [1.807, 2.05) is 12.1 Å². The highest BCUT2D eigenvalue weighted by Gasteiger charge is 2.05. The summed E-state index contributed by atoms with van der Waals surface area (Å²) in [5.74, 6) is 0.926. The van der Waals surface area contributed by atoms with E-state index in [0.717, 1.165) is 4.47 Å². The summed E-state index contributed by atoms with van der Waals surface area (Å²) in [4.78, 5) is 12.1. The highest BCUT2D eigenvalue weighted by Crippen LogP contribution is 2.22. The number of allylic oxidation sites excluding steroid dienone is 1. The number of furan rings is 1. The average molecular weight is 436 g/mol. The number of carbonyl (C=O) groups is 1. The fraction of sp³-hybridized carbons (Fsp3) is 0.0500. The van der Waals surface area contributed by atoms with Gasteiger partial charge in [-0.25, -0.2) is 4.39 Å². The maximum Gasteiger partial charge on any atom is 0.185 e. The molecule has 3 aromatic rings. The lowest BCUT2D eigenvalue weighted by Crippen LogP contribution is -1.94. The van der Waals surface area contributed by atoms with Crippen LogP contribution in [0.5, 0.6) is 5.75 Å². The van der Waals surface area contributed by atoms with Crippen molar-refractivity contribution in [3.05, 3.63) is 93.1 Å². The fourth-order valence-corrected chi connectivity index (χ4v) is 2.59. The van der Waals surface area contributed by atoms with Crippen LogP contribution in [0, 0.1) is 5.82 Å². The maximum absolute atomic E-state index is 13.1. The summed E-state index contributed by atoms with van der Waals surface area (Å²) in [5, 5.41) is -0.00276. The molecule has 1 aromatic heterocycles. The van der Waals surface area contributed by atoms with Gasteiger partial charge in [0.15, 0.2) is 5.78 Å². The van der Waals surface area contributed by atoms with Crippen molar-refractivity contribution in [2.45, 2.75) is 6.61 Å². The first-order valence-corrected chi connectivity index (χ1v) is 8.83. The number of hydrogen-bond donors (Lipinski definition) is 0. The Kier molecular flexibility index (Phi) is 5.91. The van der Waals surface area contributed by atoms with Gasteiger partial charge in [0.2, 0.25) is 0 Å². The molecular weight excluding hydrogens is 423 g/mol.